The normalized spacial score (nSPS) is 10.5. The third-order valence-corrected chi connectivity index (χ3v) is 3.61. The quantitative estimate of drug-likeness (QED) is 0.455. The Morgan fingerprint density at radius 1 is 1.45 bits per heavy atom. The molecule has 0 radical (unpaired) electrons. The van der Waals surface area contributed by atoms with Crippen LogP contribution >= 0.6 is 23.2 Å². The molecule has 0 saturated heterocycles. The number of rotatable bonds is 6. The zero-order valence-electron chi connectivity index (χ0n) is 11.5. The summed E-state index contributed by atoms with van der Waals surface area (Å²) in [5, 5.41) is 14.8. The first kappa shape index (κ1) is 16.3. The van der Waals surface area contributed by atoms with E-state index in [4.69, 9.17) is 27.9 Å². The molecule has 2 aromatic rings. The highest BCUT2D eigenvalue weighted by atomic mass is 35.5. The molecule has 0 fully saturated rings. The highest BCUT2D eigenvalue weighted by Crippen LogP contribution is 2.35. The van der Waals surface area contributed by atoms with Crippen LogP contribution in [0.25, 0.3) is 0 Å². The third kappa shape index (κ3) is 3.55. The number of carbonyl (C=O) groups is 1. The summed E-state index contributed by atoms with van der Waals surface area (Å²) in [6, 6.07) is 3.05. The van der Waals surface area contributed by atoms with Gasteiger partial charge in [-0.3, -0.25) is 19.6 Å². The summed E-state index contributed by atoms with van der Waals surface area (Å²) in [6.45, 7) is 1.77. The maximum atomic E-state index is 11.6. The Bertz CT molecular complexity index is 730. The van der Waals surface area contributed by atoms with E-state index in [2.05, 4.69) is 5.10 Å². The Hall–Kier alpha value is -2.12. The predicted molar refractivity (Wildman–Crippen MR) is 80.8 cm³/mol. The van der Waals surface area contributed by atoms with Crippen molar-refractivity contribution in [3.8, 4) is 5.75 Å². The van der Waals surface area contributed by atoms with Gasteiger partial charge in [0.05, 0.1) is 22.1 Å². The van der Waals surface area contributed by atoms with Crippen LogP contribution in [0.1, 0.15) is 17.3 Å². The molecular weight excluding hydrogens is 333 g/mol. The summed E-state index contributed by atoms with van der Waals surface area (Å²) in [4.78, 5) is 21.6. The minimum atomic E-state index is -0.536. The van der Waals surface area contributed by atoms with Crippen LogP contribution < -0.4 is 4.74 Å². The van der Waals surface area contributed by atoms with Crippen molar-refractivity contribution in [1.82, 2.24) is 9.78 Å². The third-order valence-electron chi connectivity index (χ3n) is 2.83. The summed E-state index contributed by atoms with van der Waals surface area (Å²) in [5.41, 5.74) is 0.214. The molecule has 0 aliphatic heterocycles. The van der Waals surface area contributed by atoms with E-state index >= 15 is 0 Å². The molecule has 0 amide bonds. The van der Waals surface area contributed by atoms with E-state index in [0.29, 0.717) is 5.56 Å². The molecule has 0 spiro atoms. The van der Waals surface area contributed by atoms with Crippen LogP contribution in [0.2, 0.25) is 10.0 Å². The standard InChI is InChI=1S/C13H11Cl2N3O4/c1-8(19)10-2-3-11(14)12(15)13(10)22-5-4-17-7-9(6-16-17)18(20)21/h2-3,6-7H,4-5H2,1H3. The lowest BCUT2D eigenvalue weighted by molar-refractivity contribution is -0.385. The van der Waals surface area contributed by atoms with E-state index < -0.39 is 4.92 Å². The van der Waals surface area contributed by atoms with Crippen molar-refractivity contribution >= 4 is 34.7 Å². The number of Topliss-reactive ketones (excluding diaryl/α,β-unsaturated/α-hetero) is 1. The fourth-order valence-corrected chi connectivity index (χ4v) is 2.13. The SMILES string of the molecule is CC(=O)c1ccc(Cl)c(Cl)c1OCCn1cc([N+](=O)[O-])cn1. The van der Waals surface area contributed by atoms with Gasteiger partial charge in [0.15, 0.2) is 5.78 Å². The summed E-state index contributed by atoms with van der Waals surface area (Å²) in [7, 11) is 0. The monoisotopic (exact) mass is 343 g/mol. The van der Waals surface area contributed by atoms with Crippen molar-refractivity contribution in [3.05, 3.63) is 50.2 Å². The van der Waals surface area contributed by atoms with Crippen LogP contribution in [-0.4, -0.2) is 27.1 Å². The summed E-state index contributed by atoms with van der Waals surface area (Å²) >= 11 is 12.0. The van der Waals surface area contributed by atoms with Gasteiger partial charge >= 0.3 is 5.69 Å². The number of ketones is 1. The Labute approximate surface area is 135 Å². The van der Waals surface area contributed by atoms with E-state index in [1.54, 1.807) is 0 Å². The largest absolute Gasteiger partial charge is 0.489 e. The van der Waals surface area contributed by atoms with Crippen molar-refractivity contribution in [3.63, 3.8) is 0 Å². The molecule has 9 heteroatoms. The van der Waals surface area contributed by atoms with Crippen molar-refractivity contribution < 1.29 is 14.5 Å². The number of nitrogens with zero attached hydrogens (tertiary/aromatic N) is 3. The molecule has 2 rings (SSSR count). The minimum Gasteiger partial charge on any atom is -0.489 e. The van der Waals surface area contributed by atoms with Crippen LogP contribution in [0.3, 0.4) is 0 Å². The number of hydrogen-bond acceptors (Lipinski definition) is 5. The highest BCUT2D eigenvalue weighted by molar-refractivity contribution is 6.43. The number of aromatic nitrogens is 2. The van der Waals surface area contributed by atoms with Crippen molar-refractivity contribution in [1.29, 1.82) is 0 Å². The van der Waals surface area contributed by atoms with E-state index in [1.165, 1.54) is 29.9 Å². The predicted octanol–water partition coefficient (Wildman–Crippen LogP) is 3.38. The molecule has 1 aromatic carbocycles. The second kappa shape index (κ2) is 6.76. The lowest BCUT2D eigenvalue weighted by atomic mass is 10.1. The van der Waals surface area contributed by atoms with Crippen LogP contribution in [0.5, 0.6) is 5.75 Å². The summed E-state index contributed by atoms with van der Waals surface area (Å²) < 4.78 is 6.88. The molecule has 1 aromatic heterocycles. The molecule has 0 aliphatic carbocycles. The molecule has 116 valence electrons. The van der Waals surface area contributed by atoms with E-state index in [-0.39, 0.29) is 40.4 Å². The zero-order chi connectivity index (χ0) is 16.3. The van der Waals surface area contributed by atoms with Crippen molar-refractivity contribution in [2.75, 3.05) is 6.61 Å². The van der Waals surface area contributed by atoms with Gasteiger partial charge in [0.2, 0.25) is 0 Å². The van der Waals surface area contributed by atoms with Gasteiger partial charge in [0.1, 0.15) is 29.8 Å². The molecule has 0 unspecified atom stereocenters. The topological polar surface area (TPSA) is 87.3 Å². The fourth-order valence-electron chi connectivity index (χ4n) is 1.76. The molecule has 0 atom stereocenters. The average molecular weight is 344 g/mol. The molecule has 0 bridgehead atoms. The molecule has 0 aliphatic rings. The van der Waals surface area contributed by atoms with Crippen LogP contribution in [-0.2, 0) is 6.54 Å². The first-order chi connectivity index (χ1) is 10.4. The lowest BCUT2D eigenvalue weighted by Crippen LogP contribution is -2.10. The van der Waals surface area contributed by atoms with Crippen molar-refractivity contribution in [2.24, 2.45) is 0 Å². The number of carbonyl (C=O) groups excluding carboxylic acids is 1. The highest BCUT2D eigenvalue weighted by Gasteiger charge is 2.16. The molecule has 7 nitrogen and oxygen atoms in total. The number of nitro groups is 1. The maximum absolute atomic E-state index is 11.6. The zero-order valence-corrected chi connectivity index (χ0v) is 13.0. The van der Waals surface area contributed by atoms with Gasteiger partial charge in [-0.25, -0.2) is 0 Å². The molecule has 0 saturated carbocycles. The molecule has 22 heavy (non-hydrogen) atoms. The Morgan fingerprint density at radius 2 is 2.18 bits per heavy atom. The fraction of sp³-hybridized carbons (Fsp3) is 0.231. The van der Waals surface area contributed by atoms with Gasteiger partial charge in [-0.1, -0.05) is 23.2 Å². The first-order valence-electron chi connectivity index (χ1n) is 6.18. The first-order valence-corrected chi connectivity index (χ1v) is 6.94. The Kier molecular flexibility index (Phi) is 4.99. The van der Waals surface area contributed by atoms with E-state index in [1.807, 2.05) is 0 Å². The Balaban J connectivity index is 2.09. The maximum Gasteiger partial charge on any atom is 0.306 e. The molecular formula is C13H11Cl2N3O4. The van der Waals surface area contributed by atoms with Gasteiger partial charge in [-0.15, -0.1) is 0 Å². The lowest BCUT2D eigenvalue weighted by Gasteiger charge is -2.12. The summed E-state index contributed by atoms with van der Waals surface area (Å²) in [6.07, 6.45) is 2.43. The number of halogens is 2. The average Bonchev–Trinajstić information content (AvgIpc) is 2.92. The van der Waals surface area contributed by atoms with Gasteiger partial charge < -0.3 is 4.74 Å². The number of hydrogen-bond donors (Lipinski definition) is 0. The van der Waals surface area contributed by atoms with Gasteiger partial charge in [0.25, 0.3) is 0 Å². The number of benzene rings is 1. The van der Waals surface area contributed by atoms with Crippen LogP contribution in [0, 0.1) is 10.1 Å². The van der Waals surface area contributed by atoms with Crippen LogP contribution in [0.15, 0.2) is 24.5 Å². The van der Waals surface area contributed by atoms with Gasteiger partial charge in [-0.05, 0) is 19.1 Å². The second-order valence-electron chi connectivity index (χ2n) is 4.36. The minimum absolute atomic E-state index is 0.106. The second-order valence-corrected chi connectivity index (χ2v) is 5.15. The van der Waals surface area contributed by atoms with Crippen molar-refractivity contribution in [2.45, 2.75) is 13.5 Å². The van der Waals surface area contributed by atoms with E-state index in [9.17, 15) is 14.9 Å². The summed E-state index contributed by atoms with van der Waals surface area (Å²) in [5.74, 6) is -0.00776. The van der Waals surface area contributed by atoms with E-state index in [0.717, 1.165) is 6.20 Å². The Morgan fingerprint density at radius 3 is 2.77 bits per heavy atom. The smallest absolute Gasteiger partial charge is 0.306 e. The van der Waals surface area contributed by atoms with Gasteiger partial charge in [0, 0.05) is 0 Å². The molecule has 0 N–H and O–H groups in total. The van der Waals surface area contributed by atoms with Gasteiger partial charge in [-0.2, -0.15) is 5.10 Å². The number of ether oxygens (including phenoxy) is 1. The van der Waals surface area contributed by atoms with Crippen LogP contribution in [0.4, 0.5) is 5.69 Å². The molecule has 1 heterocycles.